The lowest BCUT2D eigenvalue weighted by atomic mass is 10.2. The molecule has 26 heavy (non-hydrogen) atoms. The molecular weight excluding hydrogens is 441 g/mol. The van der Waals surface area contributed by atoms with Crippen LogP contribution in [0, 0.1) is 0 Å². The van der Waals surface area contributed by atoms with E-state index in [1.807, 2.05) is 11.0 Å². The van der Waals surface area contributed by atoms with Crippen LogP contribution in [-0.2, 0) is 4.79 Å². The largest absolute Gasteiger partial charge is 0.368 e. The number of aliphatic imine (C=N–C) groups is 1. The molecule has 1 amide bonds. The van der Waals surface area contributed by atoms with Gasteiger partial charge in [0, 0.05) is 57.9 Å². The summed E-state index contributed by atoms with van der Waals surface area (Å²) in [6.07, 6.45) is 1.53. The van der Waals surface area contributed by atoms with Crippen LogP contribution in [0.15, 0.2) is 35.3 Å². The van der Waals surface area contributed by atoms with Crippen molar-refractivity contribution in [2.24, 2.45) is 4.99 Å². The van der Waals surface area contributed by atoms with Crippen molar-refractivity contribution in [3.05, 3.63) is 30.3 Å². The highest BCUT2D eigenvalue weighted by Gasteiger charge is 2.20. The van der Waals surface area contributed by atoms with Crippen molar-refractivity contribution in [3.8, 4) is 0 Å². The second-order valence-electron chi connectivity index (χ2n) is 6.41. The molecule has 6 nitrogen and oxygen atoms in total. The van der Waals surface area contributed by atoms with Crippen LogP contribution in [0.25, 0.3) is 0 Å². The van der Waals surface area contributed by atoms with Gasteiger partial charge >= 0.3 is 0 Å². The highest BCUT2D eigenvalue weighted by Crippen LogP contribution is 2.15. The van der Waals surface area contributed by atoms with Crippen LogP contribution in [0.3, 0.4) is 0 Å². The number of nitrogens with one attached hydrogen (secondary N) is 2. The number of nitrogens with zero attached hydrogens (tertiary/aromatic N) is 3. The molecule has 1 aromatic carbocycles. The number of benzene rings is 1. The van der Waals surface area contributed by atoms with E-state index >= 15 is 0 Å². The van der Waals surface area contributed by atoms with Crippen molar-refractivity contribution in [1.82, 2.24) is 15.5 Å². The minimum absolute atomic E-state index is 0. The van der Waals surface area contributed by atoms with Gasteiger partial charge in [0.05, 0.1) is 0 Å². The van der Waals surface area contributed by atoms with E-state index in [1.54, 1.807) is 7.05 Å². The molecule has 0 spiro atoms. The molecule has 0 saturated carbocycles. The first-order valence-corrected chi connectivity index (χ1v) is 9.19. The third-order valence-electron chi connectivity index (χ3n) is 4.60. The smallest absolute Gasteiger partial charge is 0.224 e. The lowest BCUT2D eigenvalue weighted by Gasteiger charge is -2.36. The monoisotopic (exact) mass is 473 g/mol. The summed E-state index contributed by atoms with van der Waals surface area (Å²) in [6, 6.07) is 10.7. The highest BCUT2D eigenvalue weighted by molar-refractivity contribution is 14.0. The van der Waals surface area contributed by atoms with Gasteiger partial charge in [0.25, 0.3) is 0 Å². The molecule has 1 saturated heterocycles. The van der Waals surface area contributed by atoms with E-state index in [-0.39, 0.29) is 29.9 Å². The van der Waals surface area contributed by atoms with Crippen molar-refractivity contribution in [2.75, 3.05) is 44.7 Å². The number of anilines is 1. The summed E-state index contributed by atoms with van der Waals surface area (Å²) in [7, 11) is 1.75. The molecule has 0 aromatic heterocycles. The van der Waals surface area contributed by atoms with Gasteiger partial charge in [-0.1, -0.05) is 25.1 Å². The van der Waals surface area contributed by atoms with E-state index in [1.165, 1.54) is 5.69 Å². The van der Waals surface area contributed by atoms with E-state index in [0.29, 0.717) is 19.0 Å². The Balaban J connectivity index is 0.00000338. The zero-order valence-electron chi connectivity index (χ0n) is 16.1. The molecule has 7 heteroatoms. The van der Waals surface area contributed by atoms with Crippen molar-refractivity contribution in [1.29, 1.82) is 0 Å². The average molecular weight is 473 g/mol. The van der Waals surface area contributed by atoms with Gasteiger partial charge in [-0.3, -0.25) is 9.79 Å². The molecule has 2 rings (SSSR count). The zero-order valence-corrected chi connectivity index (χ0v) is 18.4. The van der Waals surface area contributed by atoms with Crippen LogP contribution >= 0.6 is 24.0 Å². The van der Waals surface area contributed by atoms with E-state index in [0.717, 1.165) is 38.6 Å². The van der Waals surface area contributed by atoms with Crippen molar-refractivity contribution < 1.29 is 4.79 Å². The SMILES string of the molecule is CCC(C)NC(=NC)NCCC(=O)N1CCN(c2ccccc2)CC1.I. The predicted molar refractivity (Wildman–Crippen MR) is 120 cm³/mol. The summed E-state index contributed by atoms with van der Waals surface area (Å²) in [5, 5.41) is 6.52. The van der Waals surface area contributed by atoms with Crippen LogP contribution in [0.5, 0.6) is 0 Å². The Morgan fingerprint density at radius 2 is 1.85 bits per heavy atom. The molecule has 1 heterocycles. The van der Waals surface area contributed by atoms with Gasteiger partial charge < -0.3 is 20.4 Å². The summed E-state index contributed by atoms with van der Waals surface area (Å²) in [4.78, 5) is 20.9. The topological polar surface area (TPSA) is 60.0 Å². The molecule has 146 valence electrons. The summed E-state index contributed by atoms with van der Waals surface area (Å²) in [5.41, 5.74) is 1.23. The van der Waals surface area contributed by atoms with Gasteiger partial charge in [0.1, 0.15) is 0 Å². The maximum absolute atomic E-state index is 12.4. The van der Waals surface area contributed by atoms with Gasteiger partial charge in [0.15, 0.2) is 5.96 Å². The van der Waals surface area contributed by atoms with Gasteiger partial charge in [-0.2, -0.15) is 0 Å². The molecule has 1 aliphatic heterocycles. The molecule has 1 unspecified atom stereocenters. The maximum atomic E-state index is 12.4. The quantitative estimate of drug-likeness (QED) is 0.378. The normalized spacial score (nSPS) is 15.9. The number of piperazine rings is 1. The maximum Gasteiger partial charge on any atom is 0.224 e. The number of guanidine groups is 1. The summed E-state index contributed by atoms with van der Waals surface area (Å²) < 4.78 is 0. The Bertz CT molecular complexity index is 558. The van der Waals surface area contributed by atoms with E-state index in [2.05, 4.69) is 58.6 Å². The number of hydrogen-bond donors (Lipinski definition) is 2. The molecule has 2 N–H and O–H groups in total. The van der Waals surface area contributed by atoms with Crippen LogP contribution in [0.2, 0.25) is 0 Å². The predicted octanol–water partition coefficient (Wildman–Crippen LogP) is 2.31. The number of hydrogen-bond acceptors (Lipinski definition) is 3. The Labute approximate surface area is 174 Å². The van der Waals surface area contributed by atoms with Crippen molar-refractivity contribution in [3.63, 3.8) is 0 Å². The first kappa shape index (κ1) is 22.5. The van der Waals surface area contributed by atoms with Gasteiger partial charge in [-0.05, 0) is 25.5 Å². The lowest BCUT2D eigenvalue weighted by Crippen LogP contribution is -2.49. The number of para-hydroxylation sites is 1. The highest BCUT2D eigenvalue weighted by atomic mass is 127. The molecule has 1 atom stereocenters. The first-order valence-electron chi connectivity index (χ1n) is 9.19. The van der Waals surface area contributed by atoms with Gasteiger partial charge in [-0.15, -0.1) is 24.0 Å². The third-order valence-corrected chi connectivity index (χ3v) is 4.60. The van der Waals surface area contributed by atoms with E-state index in [4.69, 9.17) is 0 Å². The Hall–Kier alpha value is -1.51. The Kier molecular flexibility index (Phi) is 10.4. The van der Waals surface area contributed by atoms with Crippen molar-refractivity contribution >= 4 is 41.5 Å². The lowest BCUT2D eigenvalue weighted by molar-refractivity contribution is -0.131. The molecule has 0 bridgehead atoms. The summed E-state index contributed by atoms with van der Waals surface area (Å²) in [6.45, 7) is 8.20. The fourth-order valence-electron chi connectivity index (χ4n) is 2.83. The minimum atomic E-state index is 0. The summed E-state index contributed by atoms with van der Waals surface area (Å²) >= 11 is 0. The number of carbonyl (C=O) groups excluding carboxylic acids is 1. The van der Waals surface area contributed by atoms with Gasteiger partial charge in [0.2, 0.25) is 5.91 Å². The summed E-state index contributed by atoms with van der Waals surface area (Å²) in [5.74, 6) is 0.968. The second-order valence-corrected chi connectivity index (χ2v) is 6.41. The second kappa shape index (κ2) is 12.0. The zero-order chi connectivity index (χ0) is 18.1. The third kappa shape index (κ3) is 7.01. The Morgan fingerprint density at radius 1 is 1.19 bits per heavy atom. The molecular formula is C19H32IN5O. The number of rotatable bonds is 6. The first-order chi connectivity index (χ1) is 12.1. The average Bonchev–Trinajstić information content (AvgIpc) is 2.67. The molecule has 1 fully saturated rings. The van der Waals surface area contributed by atoms with E-state index in [9.17, 15) is 4.79 Å². The van der Waals surface area contributed by atoms with Gasteiger partial charge in [-0.25, -0.2) is 0 Å². The fourth-order valence-corrected chi connectivity index (χ4v) is 2.83. The molecule has 0 radical (unpaired) electrons. The minimum Gasteiger partial charge on any atom is -0.368 e. The van der Waals surface area contributed by atoms with Crippen LogP contribution < -0.4 is 15.5 Å². The number of amides is 1. The molecule has 1 aliphatic rings. The standard InChI is InChI=1S/C19H31N5O.HI/c1-4-16(2)22-19(20-3)21-11-10-18(25)24-14-12-23(13-15-24)17-8-6-5-7-9-17;/h5-9,16H,4,10-15H2,1-3H3,(H2,20,21,22);1H. The van der Waals surface area contributed by atoms with Crippen LogP contribution in [-0.4, -0.2) is 62.6 Å². The van der Waals surface area contributed by atoms with Crippen LogP contribution in [0.1, 0.15) is 26.7 Å². The molecule has 0 aliphatic carbocycles. The van der Waals surface area contributed by atoms with Crippen LogP contribution in [0.4, 0.5) is 5.69 Å². The number of halogens is 1. The Morgan fingerprint density at radius 3 is 2.42 bits per heavy atom. The number of carbonyl (C=O) groups is 1. The molecule has 1 aromatic rings. The van der Waals surface area contributed by atoms with Crippen molar-refractivity contribution in [2.45, 2.75) is 32.7 Å². The van der Waals surface area contributed by atoms with E-state index < -0.39 is 0 Å². The fraction of sp³-hybridized carbons (Fsp3) is 0.579.